The largest absolute Gasteiger partial charge is 0.419 e. The molecule has 1 aromatic heterocycles. The van der Waals surface area contributed by atoms with Gasteiger partial charge in [-0.25, -0.2) is 0 Å². The van der Waals surface area contributed by atoms with E-state index in [2.05, 4.69) is 40.9 Å². The summed E-state index contributed by atoms with van der Waals surface area (Å²) < 4.78 is 5.81. The lowest BCUT2D eigenvalue weighted by Gasteiger charge is -2.38. The zero-order chi connectivity index (χ0) is 17.1. The van der Waals surface area contributed by atoms with E-state index in [1.807, 2.05) is 24.3 Å². The normalized spacial score (nSPS) is 17.1. The Morgan fingerprint density at radius 2 is 2.04 bits per heavy atom. The number of halogens is 1. The Bertz CT molecular complexity index is 665. The van der Waals surface area contributed by atoms with E-state index in [1.54, 1.807) is 0 Å². The van der Waals surface area contributed by atoms with Crippen molar-refractivity contribution in [1.82, 2.24) is 20.0 Å². The molecule has 0 spiro atoms. The summed E-state index contributed by atoms with van der Waals surface area (Å²) in [7, 11) is 2.14. The molecule has 0 aliphatic carbocycles. The molecule has 1 fully saturated rings. The second kappa shape index (κ2) is 7.64. The van der Waals surface area contributed by atoms with Gasteiger partial charge < -0.3 is 9.32 Å². The molecule has 0 unspecified atom stereocenters. The van der Waals surface area contributed by atoms with E-state index in [0.717, 1.165) is 18.7 Å². The minimum atomic E-state index is 0.524. The van der Waals surface area contributed by atoms with Crippen molar-refractivity contribution in [3.05, 3.63) is 35.2 Å². The molecule has 6 heteroatoms. The molecule has 2 heterocycles. The van der Waals surface area contributed by atoms with Gasteiger partial charge in [0.05, 0.1) is 6.54 Å². The first kappa shape index (κ1) is 17.4. The van der Waals surface area contributed by atoms with Crippen LogP contribution in [0.2, 0.25) is 5.02 Å². The van der Waals surface area contributed by atoms with E-state index in [1.165, 1.54) is 12.8 Å². The van der Waals surface area contributed by atoms with Crippen molar-refractivity contribution in [3.8, 4) is 11.5 Å². The standard InChI is InChI=1S/C18H25ClN4O/c1-13(2)23-9-7-16(8-10-23)22(3)12-17-20-21-18(24-17)14-5-4-6-15(19)11-14/h4-6,11,13,16H,7-10,12H2,1-3H3. The van der Waals surface area contributed by atoms with Crippen molar-refractivity contribution in [2.45, 2.75) is 45.3 Å². The minimum absolute atomic E-state index is 0.524. The van der Waals surface area contributed by atoms with Crippen LogP contribution in [-0.4, -0.2) is 52.2 Å². The van der Waals surface area contributed by atoms with Crippen molar-refractivity contribution in [2.24, 2.45) is 0 Å². The Morgan fingerprint density at radius 3 is 2.71 bits per heavy atom. The van der Waals surface area contributed by atoms with E-state index >= 15 is 0 Å². The van der Waals surface area contributed by atoms with Crippen LogP contribution < -0.4 is 0 Å². The highest BCUT2D eigenvalue weighted by Gasteiger charge is 2.24. The zero-order valence-corrected chi connectivity index (χ0v) is 15.3. The molecule has 1 saturated heterocycles. The average Bonchev–Trinajstić information content (AvgIpc) is 3.03. The van der Waals surface area contributed by atoms with Gasteiger partial charge in [0.2, 0.25) is 11.8 Å². The molecule has 3 rings (SSSR count). The van der Waals surface area contributed by atoms with E-state index in [9.17, 15) is 0 Å². The van der Waals surface area contributed by atoms with E-state index in [0.29, 0.717) is 35.4 Å². The van der Waals surface area contributed by atoms with Crippen LogP contribution in [0.3, 0.4) is 0 Å². The zero-order valence-electron chi connectivity index (χ0n) is 14.6. The fourth-order valence-electron chi connectivity index (χ4n) is 3.24. The van der Waals surface area contributed by atoms with Crippen LogP contribution in [0.5, 0.6) is 0 Å². The van der Waals surface area contributed by atoms with Gasteiger partial charge in [-0.15, -0.1) is 10.2 Å². The van der Waals surface area contributed by atoms with Gasteiger partial charge in [0.1, 0.15) is 0 Å². The summed E-state index contributed by atoms with van der Waals surface area (Å²) in [6.45, 7) is 7.52. The molecule has 5 nitrogen and oxygen atoms in total. The maximum atomic E-state index is 6.02. The minimum Gasteiger partial charge on any atom is -0.419 e. The molecule has 1 aliphatic heterocycles. The Hall–Kier alpha value is -1.43. The van der Waals surface area contributed by atoms with Crippen molar-refractivity contribution < 1.29 is 4.42 Å². The Morgan fingerprint density at radius 1 is 1.29 bits per heavy atom. The van der Waals surface area contributed by atoms with Gasteiger partial charge in [-0.2, -0.15) is 0 Å². The molecule has 0 radical (unpaired) electrons. The maximum absolute atomic E-state index is 6.02. The second-order valence-corrected chi connectivity index (χ2v) is 7.22. The summed E-state index contributed by atoms with van der Waals surface area (Å²) in [4.78, 5) is 4.86. The highest BCUT2D eigenvalue weighted by atomic mass is 35.5. The molecule has 0 bridgehead atoms. The Labute approximate surface area is 148 Å². The topological polar surface area (TPSA) is 45.4 Å². The molecule has 24 heavy (non-hydrogen) atoms. The first-order chi connectivity index (χ1) is 11.5. The summed E-state index contributed by atoms with van der Waals surface area (Å²) >= 11 is 6.02. The van der Waals surface area contributed by atoms with Crippen molar-refractivity contribution in [2.75, 3.05) is 20.1 Å². The third kappa shape index (κ3) is 4.15. The van der Waals surface area contributed by atoms with Crippen LogP contribution in [0.1, 0.15) is 32.6 Å². The first-order valence-corrected chi connectivity index (χ1v) is 8.93. The lowest BCUT2D eigenvalue weighted by atomic mass is 10.0. The van der Waals surface area contributed by atoms with Gasteiger partial charge >= 0.3 is 0 Å². The van der Waals surface area contributed by atoms with Crippen LogP contribution in [0, 0.1) is 0 Å². The fraction of sp³-hybridized carbons (Fsp3) is 0.556. The molecule has 0 atom stereocenters. The van der Waals surface area contributed by atoms with Gasteiger partial charge in [-0.1, -0.05) is 17.7 Å². The van der Waals surface area contributed by atoms with E-state index in [4.69, 9.17) is 16.0 Å². The number of benzene rings is 1. The number of nitrogens with zero attached hydrogens (tertiary/aromatic N) is 4. The summed E-state index contributed by atoms with van der Waals surface area (Å²) in [5.74, 6) is 1.18. The van der Waals surface area contributed by atoms with Crippen LogP contribution in [-0.2, 0) is 6.54 Å². The predicted molar refractivity (Wildman–Crippen MR) is 95.9 cm³/mol. The average molecular weight is 349 g/mol. The summed E-state index contributed by atoms with van der Waals surface area (Å²) in [5, 5.41) is 9.01. The van der Waals surface area contributed by atoms with Crippen molar-refractivity contribution in [3.63, 3.8) is 0 Å². The molecule has 0 amide bonds. The monoisotopic (exact) mass is 348 g/mol. The number of hydrogen-bond donors (Lipinski definition) is 0. The van der Waals surface area contributed by atoms with Gasteiger partial charge in [0, 0.05) is 22.7 Å². The lowest BCUT2D eigenvalue weighted by Crippen LogP contribution is -2.45. The lowest BCUT2D eigenvalue weighted by molar-refractivity contribution is 0.0991. The summed E-state index contributed by atoms with van der Waals surface area (Å²) in [6, 6.07) is 8.68. The SMILES string of the molecule is CC(C)N1CCC(N(C)Cc2nnc(-c3cccc(Cl)c3)o2)CC1. The third-order valence-electron chi connectivity index (χ3n) is 4.78. The molecule has 130 valence electrons. The van der Waals surface area contributed by atoms with Gasteiger partial charge in [0.25, 0.3) is 0 Å². The highest BCUT2D eigenvalue weighted by molar-refractivity contribution is 6.30. The van der Waals surface area contributed by atoms with Crippen LogP contribution in [0.15, 0.2) is 28.7 Å². The number of aromatic nitrogens is 2. The highest BCUT2D eigenvalue weighted by Crippen LogP contribution is 2.23. The molecular weight excluding hydrogens is 324 g/mol. The summed E-state index contributed by atoms with van der Waals surface area (Å²) in [5.41, 5.74) is 0.856. The third-order valence-corrected chi connectivity index (χ3v) is 5.01. The second-order valence-electron chi connectivity index (χ2n) is 6.79. The summed E-state index contributed by atoms with van der Waals surface area (Å²) in [6.07, 6.45) is 2.37. The van der Waals surface area contributed by atoms with Crippen LogP contribution >= 0.6 is 11.6 Å². The fourth-order valence-corrected chi connectivity index (χ4v) is 3.43. The number of hydrogen-bond acceptors (Lipinski definition) is 5. The molecule has 0 saturated carbocycles. The number of piperidine rings is 1. The van der Waals surface area contributed by atoms with Gasteiger partial charge in [-0.05, 0) is 65.0 Å². The molecular formula is C18H25ClN4O. The smallest absolute Gasteiger partial charge is 0.247 e. The number of rotatable bonds is 5. The van der Waals surface area contributed by atoms with Gasteiger partial charge in [-0.3, -0.25) is 4.90 Å². The predicted octanol–water partition coefficient (Wildman–Crippen LogP) is 3.69. The van der Waals surface area contributed by atoms with E-state index < -0.39 is 0 Å². The Kier molecular flexibility index (Phi) is 5.54. The van der Waals surface area contributed by atoms with Crippen molar-refractivity contribution in [1.29, 1.82) is 0 Å². The first-order valence-electron chi connectivity index (χ1n) is 8.55. The Balaban J connectivity index is 1.59. The quantitative estimate of drug-likeness (QED) is 0.824. The molecule has 2 aromatic rings. The number of likely N-dealkylation sites (tertiary alicyclic amines) is 1. The van der Waals surface area contributed by atoms with Crippen LogP contribution in [0.25, 0.3) is 11.5 Å². The molecule has 1 aliphatic rings. The van der Waals surface area contributed by atoms with Crippen LogP contribution in [0.4, 0.5) is 0 Å². The van der Waals surface area contributed by atoms with Gasteiger partial charge in [0.15, 0.2) is 0 Å². The van der Waals surface area contributed by atoms with Crippen molar-refractivity contribution >= 4 is 11.6 Å². The maximum Gasteiger partial charge on any atom is 0.247 e. The van der Waals surface area contributed by atoms with E-state index in [-0.39, 0.29) is 0 Å². The molecule has 0 N–H and O–H groups in total. The molecule has 1 aromatic carbocycles.